The molecule has 6 heteroatoms. The molecule has 0 saturated heterocycles. The van der Waals surface area contributed by atoms with Crippen LogP contribution in [0.25, 0.3) is 0 Å². The molecule has 1 aromatic heterocycles. The smallest absolute Gasteiger partial charge is 0.347 e. The van der Waals surface area contributed by atoms with Crippen molar-refractivity contribution >= 4 is 5.91 Å². The number of nitrogens with one attached hydrogen (secondary N) is 1. The molecule has 2 N–H and O–H groups in total. The fraction of sp³-hybridized carbons (Fsp3) is 0.389. The third-order valence-electron chi connectivity index (χ3n) is 3.85. The molecule has 128 valence electrons. The van der Waals surface area contributed by atoms with Crippen LogP contribution in [0.5, 0.6) is 5.75 Å². The summed E-state index contributed by atoms with van der Waals surface area (Å²) in [5.74, 6) is 0.185. The number of nitrogens with zero attached hydrogens (tertiary/aromatic N) is 2. The molecular formula is C18H23N3O3. The highest BCUT2D eigenvalue weighted by atomic mass is 16.3. The van der Waals surface area contributed by atoms with Gasteiger partial charge in [0.2, 0.25) is 5.91 Å². The number of rotatable bonds is 7. The Morgan fingerprint density at radius 3 is 2.75 bits per heavy atom. The summed E-state index contributed by atoms with van der Waals surface area (Å²) in [7, 11) is 0. The van der Waals surface area contributed by atoms with Gasteiger partial charge in [-0.05, 0) is 44.4 Å². The van der Waals surface area contributed by atoms with Gasteiger partial charge in [-0.25, -0.2) is 4.79 Å². The van der Waals surface area contributed by atoms with Crippen molar-refractivity contribution in [1.82, 2.24) is 14.9 Å². The van der Waals surface area contributed by atoms with E-state index in [1.165, 1.54) is 4.57 Å². The molecule has 2 aromatic rings. The minimum absolute atomic E-state index is 0.0980. The molecule has 0 aliphatic heterocycles. The molecule has 6 nitrogen and oxygen atoms in total. The van der Waals surface area contributed by atoms with Gasteiger partial charge in [-0.3, -0.25) is 9.36 Å². The zero-order valence-electron chi connectivity index (χ0n) is 14.1. The number of benzene rings is 1. The van der Waals surface area contributed by atoms with E-state index in [2.05, 4.69) is 10.3 Å². The van der Waals surface area contributed by atoms with Crippen LogP contribution in [0.4, 0.5) is 0 Å². The number of phenols is 1. The van der Waals surface area contributed by atoms with Crippen LogP contribution in [0.3, 0.4) is 0 Å². The Morgan fingerprint density at radius 2 is 2.04 bits per heavy atom. The second-order valence-electron chi connectivity index (χ2n) is 5.81. The van der Waals surface area contributed by atoms with E-state index in [0.29, 0.717) is 25.2 Å². The minimum Gasteiger partial charge on any atom is -0.508 e. The van der Waals surface area contributed by atoms with Gasteiger partial charge in [0, 0.05) is 30.9 Å². The molecule has 0 saturated carbocycles. The summed E-state index contributed by atoms with van der Waals surface area (Å²) in [6.45, 7) is 4.47. The van der Waals surface area contributed by atoms with E-state index in [0.717, 1.165) is 17.7 Å². The SMILES string of the molecule is Cc1cc(C)n(CCC(=O)NCCCc2ccccc2O)c(=O)n1. The fourth-order valence-electron chi connectivity index (χ4n) is 2.58. The molecule has 24 heavy (non-hydrogen) atoms. The van der Waals surface area contributed by atoms with Crippen molar-refractivity contribution in [2.75, 3.05) is 6.54 Å². The zero-order chi connectivity index (χ0) is 17.5. The Hall–Kier alpha value is -2.63. The topological polar surface area (TPSA) is 84.2 Å². The van der Waals surface area contributed by atoms with E-state index in [4.69, 9.17) is 0 Å². The molecule has 0 bridgehead atoms. The molecule has 1 heterocycles. The van der Waals surface area contributed by atoms with Crippen molar-refractivity contribution in [2.45, 2.75) is 39.7 Å². The second kappa shape index (κ2) is 8.29. The van der Waals surface area contributed by atoms with Gasteiger partial charge in [0.05, 0.1) is 0 Å². The highest BCUT2D eigenvalue weighted by Gasteiger charge is 2.07. The Balaban J connectivity index is 1.74. The second-order valence-corrected chi connectivity index (χ2v) is 5.81. The first-order chi connectivity index (χ1) is 11.5. The van der Waals surface area contributed by atoms with E-state index in [1.54, 1.807) is 19.1 Å². The highest BCUT2D eigenvalue weighted by molar-refractivity contribution is 5.75. The molecule has 0 aliphatic carbocycles. The van der Waals surface area contributed by atoms with Gasteiger partial charge < -0.3 is 10.4 Å². The first kappa shape index (κ1) is 17.7. The van der Waals surface area contributed by atoms with Gasteiger partial charge in [-0.2, -0.15) is 4.98 Å². The number of carbonyl (C=O) groups is 1. The molecular weight excluding hydrogens is 306 g/mol. The van der Waals surface area contributed by atoms with Crippen LogP contribution in [0, 0.1) is 13.8 Å². The third kappa shape index (κ3) is 4.94. The van der Waals surface area contributed by atoms with Crippen molar-refractivity contribution in [1.29, 1.82) is 0 Å². The maximum atomic E-state index is 11.9. The molecule has 1 aromatic carbocycles. The van der Waals surface area contributed by atoms with Gasteiger partial charge >= 0.3 is 5.69 Å². The summed E-state index contributed by atoms with van der Waals surface area (Å²) in [6, 6.07) is 9.01. The predicted octanol–water partition coefficient (Wildman–Crippen LogP) is 1.70. The first-order valence-corrected chi connectivity index (χ1v) is 8.06. The molecule has 1 amide bonds. The number of hydrogen-bond donors (Lipinski definition) is 2. The molecule has 2 rings (SSSR count). The Bertz CT molecular complexity index is 768. The van der Waals surface area contributed by atoms with E-state index < -0.39 is 0 Å². The highest BCUT2D eigenvalue weighted by Crippen LogP contribution is 2.16. The summed E-state index contributed by atoms with van der Waals surface area (Å²) in [5, 5.41) is 12.5. The molecule has 0 atom stereocenters. The lowest BCUT2D eigenvalue weighted by Crippen LogP contribution is -2.30. The summed E-state index contributed by atoms with van der Waals surface area (Å²) in [6.07, 6.45) is 1.68. The standard InChI is InChI=1S/C18H23N3O3/c1-13-12-14(2)21(18(24)20-13)11-9-17(23)19-10-5-7-15-6-3-4-8-16(15)22/h3-4,6,8,12,22H,5,7,9-11H2,1-2H3,(H,19,23). The van der Waals surface area contributed by atoms with E-state index in [9.17, 15) is 14.7 Å². The average Bonchev–Trinajstić information content (AvgIpc) is 2.52. The van der Waals surface area contributed by atoms with E-state index >= 15 is 0 Å². The van der Waals surface area contributed by atoms with Gasteiger partial charge in [0.15, 0.2) is 0 Å². The number of carbonyl (C=O) groups excluding carboxylic acids is 1. The molecule has 0 spiro atoms. The van der Waals surface area contributed by atoms with E-state index in [-0.39, 0.29) is 23.8 Å². The van der Waals surface area contributed by atoms with Crippen LogP contribution in [-0.2, 0) is 17.8 Å². The lowest BCUT2D eigenvalue weighted by molar-refractivity contribution is -0.121. The number of phenolic OH excluding ortho intramolecular Hbond substituents is 1. The summed E-state index contributed by atoms with van der Waals surface area (Å²) in [5.41, 5.74) is 2.04. The number of para-hydroxylation sites is 1. The van der Waals surface area contributed by atoms with Crippen molar-refractivity contribution in [2.24, 2.45) is 0 Å². The third-order valence-corrected chi connectivity index (χ3v) is 3.85. The fourth-order valence-corrected chi connectivity index (χ4v) is 2.58. The van der Waals surface area contributed by atoms with Crippen LogP contribution in [0.15, 0.2) is 35.1 Å². The number of aromatic nitrogens is 2. The van der Waals surface area contributed by atoms with Crippen molar-refractivity contribution in [3.63, 3.8) is 0 Å². The first-order valence-electron chi connectivity index (χ1n) is 8.06. The normalized spacial score (nSPS) is 10.6. The molecule has 0 unspecified atom stereocenters. The monoisotopic (exact) mass is 329 g/mol. The molecule has 0 fully saturated rings. The Labute approximate surface area is 141 Å². The molecule has 0 radical (unpaired) electrons. The quantitative estimate of drug-likeness (QED) is 0.757. The van der Waals surface area contributed by atoms with Crippen LogP contribution in [0.1, 0.15) is 29.8 Å². The van der Waals surface area contributed by atoms with Crippen molar-refractivity contribution in [3.05, 3.63) is 57.8 Å². The number of hydrogen-bond acceptors (Lipinski definition) is 4. The van der Waals surface area contributed by atoms with Crippen LogP contribution in [0.2, 0.25) is 0 Å². The van der Waals surface area contributed by atoms with Crippen molar-refractivity contribution in [3.8, 4) is 5.75 Å². The number of amides is 1. The maximum Gasteiger partial charge on any atom is 0.347 e. The van der Waals surface area contributed by atoms with Gasteiger partial charge in [-0.15, -0.1) is 0 Å². The van der Waals surface area contributed by atoms with Crippen LogP contribution < -0.4 is 11.0 Å². The summed E-state index contributed by atoms with van der Waals surface area (Å²) in [4.78, 5) is 27.6. The number of aryl methyl sites for hydroxylation is 3. The maximum absolute atomic E-state index is 11.9. The predicted molar refractivity (Wildman–Crippen MR) is 92.0 cm³/mol. The lowest BCUT2D eigenvalue weighted by atomic mass is 10.1. The largest absolute Gasteiger partial charge is 0.508 e. The summed E-state index contributed by atoms with van der Waals surface area (Å²) < 4.78 is 1.51. The van der Waals surface area contributed by atoms with Crippen LogP contribution >= 0.6 is 0 Å². The minimum atomic E-state index is -0.320. The van der Waals surface area contributed by atoms with E-state index in [1.807, 2.05) is 25.1 Å². The lowest BCUT2D eigenvalue weighted by Gasteiger charge is -2.10. The zero-order valence-corrected chi connectivity index (χ0v) is 14.1. The number of aromatic hydroxyl groups is 1. The van der Waals surface area contributed by atoms with Gasteiger partial charge in [-0.1, -0.05) is 18.2 Å². The van der Waals surface area contributed by atoms with Crippen molar-refractivity contribution < 1.29 is 9.90 Å². The Morgan fingerprint density at radius 1 is 1.29 bits per heavy atom. The Kier molecular flexibility index (Phi) is 6.12. The van der Waals surface area contributed by atoms with Gasteiger partial charge in [0.25, 0.3) is 0 Å². The summed E-state index contributed by atoms with van der Waals surface area (Å²) >= 11 is 0. The molecule has 0 aliphatic rings. The van der Waals surface area contributed by atoms with Crippen LogP contribution in [-0.4, -0.2) is 27.1 Å². The average molecular weight is 329 g/mol. The van der Waals surface area contributed by atoms with Gasteiger partial charge in [0.1, 0.15) is 5.75 Å².